The highest BCUT2D eigenvalue weighted by Crippen LogP contribution is 2.28. The molecule has 1 aromatic rings. The van der Waals surface area contributed by atoms with Crippen LogP contribution in [0.3, 0.4) is 0 Å². The zero-order valence-electron chi connectivity index (χ0n) is 14.4. The zero-order chi connectivity index (χ0) is 17.0. The number of aromatic nitrogens is 1. The lowest BCUT2D eigenvalue weighted by atomic mass is 10.2. The van der Waals surface area contributed by atoms with Crippen molar-refractivity contribution in [2.75, 3.05) is 21.1 Å². The van der Waals surface area contributed by atoms with Gasteiger partial charge in [-0.05, 0) is 27.2 Å². The van der Waals surface area contributed by atoms with Crippen LogP contribution in [0.5, 0.6) is 0 Å². The van der Waals surface area contributed by atoms with E-state index >= 15 is 0 Å². The summed E-state index contributed by atoms with van der Waals surface area (Å²) in [7, 11) is 5.08. The summed E-state index contributed by atoms with van der Waals surface area (Å²) in [5, 5.41) is 3.81. The number of hydrogen-bond acceptors (Lipinski definition) is 4. The van der Waals surface area contributed by atoms with Crippen LogP contribution in [0.2, 0.25) is 0 Å². The molecule has 1 N–H and O–H groups in total. The van der Waals surface area contributed by atoms with Crippen LogP contribution in [0.15, 0.2) is 0 Å². The highest BCUT2D eigenvalue weighted by atomic mass is 32.1. The van der Waals surface area contributed by atoms with E-state index in [0.717, 1.165) is 22.0 Å². The van der Waals surface area contributed by atoms with E-state index in [1.54, 1.807) is 44.3 Å². The lowest BCUT2D eigenvalue weighted by Crippen LogP contribution is -2.49. The lowest BCUT2D eigenvalue weighted by molar-refractivity contribution is -0.130. The first-order valence-electron chi connectivity index (χ1n) is 7.39. The van der Waals surface area contributed by atoms with Crippen LogP contribution in [-0.4, -0.2) is 53.9 Å². The van der Waals surface area contributed by atoms with Gasteiger partial charge in [0.15, 0.2) is 0 Å². The summed E-state index contributed by atoms with van der Waals surface area (Å²) in [5.41, 5.74) is 0.964. The Hall–Kier alpha value is -1.63. The van der Waals surface area contributed by atoms with Gasteiger partial charge in [-0.3, -0.25) is 4.79 Å². The van der Waals surface area contributed by atoms with Crippen molar-refractivity contribution in [2.45, 2.75) is 46.2 Å². The van der Waals surface area contributed by atoms with E-state index in [2.05, 4.69) is 17.2 Å². The number of nitrogens with zero attached hydrogens (tertiary/aromatic N) is 3. The lowest BCUT2D eigenvalue weighted by Gasteiger charge is -2.27. The van der Waals surface area contributed by atoms with Crippen molar-refractivity contribution < 1.29 is 9.59 Å². The number of rotatable bonds is 5. The highest BCUT2D eigenvalue weighted by Gasteiger charge is 2.24. The molecule has 3 amide bonds. The molecule has 0 aromatic carbocycles. The van der Waals surface area contributed by atoms with Crippen LogP contribution in [0, 0.1) is 6.92 Å². The molecule has 0 fully saturated rings. The van der Waals surface area contributed by atoms with Crippen molar-refractivity contribution in [1.82, 2.24) is 20.1 Å². The monoisotopic (exact) mass is 326 g/mol. The van der Waals surface area contributed by atoms with Crippen molar-refractivity contribution in [2.24, 2.45) is 0 Å². The molecule has 1 aromatic heterocycles. The van der Waals surface area contributed by atoms with E-state index in [0.29, 0.717) is 0 Å². The molecule has 124 valence electrons. The topological polar surface area (TPSA) is 65.5 Å². The Morgan fingerprint density at radius 1 is 1.27 bits per heavy atom. The molecular formula is C15H26N4O2S. The van der Waals surface area contributed by atoms with Crippen molar-refractivity contribution in [3.63, 3.8) is 0 Å². The summed E-state index contributed by atoms with van der Waals surface area (Å²) in [6, 6.07) is -0.897. The van der Waals surface area contributed by atoms with Gasteiger partial charge in [-0.15, -0.1) is 11.3 Å². The van der Waals surface area contributed by atoms with E-state index in [1.807, 2.05) is 13.8 Å². The fourth-order valence-corrected chi connectivity index (χ4v) is 3.20. The normalized spacial score (nSPS) is 13.4. The first-order valence-corrected chi connectivity index (χ1v) is 8.21. The third kappa shape index (κ3) is 4.19. The Labute approximate surface area is 136 Å². The molecule has 7 heteroatoms. The van der Waals surface area contributed by atoms with Gasteiger partial charge in [0.1, 0.15) is 6.04 Å². The maximum Gasteiger partial charge on any atom is 0.318 e. The van der Waals surface area contributed by atoms with Gasteiger partial charge < -0.3 is 15.1 Å². The molecule has 0 saturated carbocycles. The molecule has 6 nitrogen and oxygen atoms in total. The van der Waals surface area contributed by atoms with Crippen LogP contribution in [0.1, 0.15) is 42.4 Å². The average Bonchev–Trinajstić information content (AvgIpc) is 2.85. The van der Waals surface area contributed by atoms with Crippen LogP contribution >= 0.6 is 11.3 Å². The molecule has 22 heavy (non-hydrogen) atoms. The van der Waals surface area contributed by atoms with E-state index in [9.17, 15) is 9.59 Å². The first kappa shape index (κ1) is 18.4. The fraction of sp³-hybridized carbons (Fsp3) is 0.667. The van der Waals surface area contributed by atoms with Crippen molar-refractivity contribution in [3.05, 3.63) is 15.6 Å². The van der Waals surface area contributed by atoms with Gasteiger partial charge in [0.05, 0.1) is 16.7 Å². The average molecular weight is 326 g/mol. The minimum Gasteiger partial charge on any atom is -0.347 e. The maximum atomic E-state index is 12.3. The maximum absolute atomic E-state index is 12.3. The predicted molar refractivity (Wildman–Crippen MR) is 89.1 cm³/mol. The SMILES string of the molecule is CCc1nc(C)c([C@H](C)N(C)C(=O)N[C@@H](C)C(=O)N(C)C)s1. The minimum absolute atomic E-state index is 0.0838. The number of hydrogen-bond donors (Lipinski definition) is 1. The van der Waals surface area contributed by atoms with Gasteiger partial charge in [0.2, 0.25) is 5.91 Å². The number of urea groups is 1. The molecule has 0 aliphatic rings. The number of likely N-dealkylation sites (N-methyl/N-ethyl adjacent to an activating group) is 1. The number of nitrogens with one attached hydrogen (secondary N) is 1. The molecule has 0 saturated heterocycles. The number of amides is 3. The molecular weight excluding hydrogens is 300 g/mol. The fourth-order valence-electron chi connectivity index (χ4n) is 2.09. The van der Waals surface area contributed by atoms with Gasteiger partial charge in [-0.25, -0.2) is 9.78 Å². The number of aryl methyl sites for hydroxylation is 2. The molecule has 0 aliphatic carbocycles. The molecule has 0 radical (unpaired) electrons. The quantitative estimate of drug-likeness (QED) is 0.902. The van der Waals surface area contributed by atoms with Crippen LogP contribution in [0.4, 0.5) is 4.79 Å². The second-order valence-corrected chi connectivity index (χ2v) is 6.72. The predicted octanol–water partition coefficient (Wildman–Crippen LogP) is 2.19. The highest BCUT2D eigenvalue weighted by molar-refractivity contribution is 7.11. The molecule has 0 spiro atoms. The Bertz CT molecular complexity index is 542. The number of thiazole rings is 1. The van der Waals surface area contributed by atoms with Gasteiger partial charge in [-0.1, -0.05) is 6.92 Å². The van der Waals surface area contributed by atoms with Gasteiger partial charge in [0, 0.05) is 26.0 Å². The number of carbonyl (C=O) groups is 2. The largest absolute Gasteiger partial charge is 0.347 e. The van der Waals surface area contributed by atoms with Gasteiger partial charge in [0.25, 0.3) is 0 Å². The number of carbonyl (C=O) groups excluding carboxylic acids is 2. The minimum atomic E-state index is -0.550. The van der Waals surface area contributed by atoms with E-state index < -0.39 is 6.04 Å². The summed E-state index contributed by atoms with van der Waals surface area (Å²) in [5.74, 6) is -0.128. The Morgan fingerprint density at radius 3 is 2.32 bits per heavy atom. The molecule has 0 aliphatic heterocycles. The Kier molecular flexibility index (Phi) is 6.34. The summed E-state index contributed by atoms with van der Waals surface area (Å²) in [6.45, 7) is 7.69. The smallest absolute Gasteiger partial charge is 0.318 e. The second-order valence-electron chi connectivity index (χ2n) is 5.60. The van der Waals surface area contributed by atoms with E-state index in [1.165, 1.54) is 4.90 Å². The summed E-state index contributed by atoms with van der Waals surface area (Å²) in [4.78, 5) is 32.8. The van der Waals surface area contributed by atoms with Crippen molar-refractivity contribution in [1.29, 1.82) is 0 Å². The molecule has 2 atom stereocenters. The molecule has 0 bridgehead atoms. The summed E-state index contributed by atoms with van der Waals surface area (Å²) >= 11 is 1.64. The van der Waals surface area contributed by atoms with E-state index in [-0.39, 0.29) is 18.0 Å². The molecule has 1 rings (SSSR count). The third-order valence-corrected chi connectivity index (χ3v) is 5.08. The third-order valence-electron chi connectivity index (χ3n) is 3.61. The Balaban J connectivity index is 2.77. The first-order chi connectivity index (χ1) is 10.2. The second kappa shape index (κ2) is 7.58. The summed E-state index contributed by atoms with van der Waals surface area (Å²) < 4.78 is 0. The van der Waals surface area contributed by atoms with Gasteiger partial charge >= 0.3 is 6.03 Å². The van der Waals surface area contributed by atoms with Gasteiger partial charge in [-0.2, -0.15) is 0 Å². The Morgan fingerprint density at radius 2 is 1.86 bits per heavy atom. The van der Waals surface area contributed by atoms with Crippen molar-refractivity contribution >= 4 is 23.3 Å². The standard InChI is InChI=1S/C15H26N4O2S/c1-8-12-16-9(2)13(22-12)11(4)19(7)15(21)17-10(3)14(20)18(5)6/h10-11H,8H2,1-7H3,(H,17,21)/t10-,11-/m0/s1. The van der Waals surface area contributed by atoms with Crippen molar-refractivity contribution in [3.8, 4) is 0 Å². The zero-order valence-corrected chi connectivity index (χ0v) is 15.2. The van der Waals surface area contributed by atoms with Crippen LogP contribution in [0.25, 0.3) is 0 Å². The molecule has 0 unspecified atom stereocenters. The summed E-state index contributed by atoms with van der Waals surface area (Å²) in [6.07, 6.45) is 0.891. The van der Waals surface area contributed by atoms with Crippen LogP contribution < -0.4 is 5.32 Å². The van der Waals surface area contributed by atoms with Crippen LogP contribution in [-0.2, 0) is 11.2 Å². The van der Waals surface area contributed by atoms with E-state index in [4.69, 9.17) is 0 Å². The molecule has 1 heterocycles.